The van der Waals surface area contributed by atoms with Gasteiger partial charge in [0.1, 0.15) is 5.56 Å². The Morgan fingerprint density at radius 3 is 2.89 bits per heavy atom. The zero-order valence-electron chi connectivity index (χ0n) is 10.5. The molecule has 0 radical (unpaired) electrons. The predicted octanol–water partition coefficient (Wildman–Crippen LogP) is 2.87. The number of anilines is 1. The number of carbonyl (C=O) groups is 1. The quantitative estimate of drug-likeness (QED) is 0.858. The Morgan fingerprint density at radius 2 is 2.28 bits per heavy atom. The highest BCUT2D eigenvalue weighted by molar-refractivity contribution is 8.00. The summed E-state index contributed by atoms with van der Waals surface area (Å²) in [5, 5.41) is 12.4. The zero-order valence-corrected chi connectivity index (χ0v) is 11.3. The maximum Gasteiger partial charge on any atom is 0.339 e. The maximum absolute atomic E-state index is 11.1. The lowest BCUT2D eigenvalue weighted by Crippen LogP contribution is -2.30. The molecule has 0 aromatic carbocycles. The number of pyridine rings is 1. The SMILES string of the molecule is CSC1(CNc2ccncc2C(=O)O)CCCC1. The van der Waals surface area contributed by atoms with Crippen LogP contribution in [-0.4, -0.2) is 33.6 Å². The second-order valence-corrected chi connectivity index (χ2v) is 5.95. The number of hydrogen-bond donors (Lipinski definition) is 2. The summed E-state index contributed by atoms with van der Waals surface area (Å²) in [6.07, 6.45) is 10.1. The van der Waals surface area contributed by atoms with Crippen molar-refractivity contribution in [1.82, 2.24) is 4.98 Å². The first-order valence-corrected chi connectivity index (χ1v) is 7.36. The van der Waals surface area contributed by atoms with Gasteiger partial charge in [0, 0.05) is 23.7 Å². The lowest BCUT2D eigenvalue weighted by atomic mass is 10.1. The van der Waals surface area contributed by atoms with Crippen molar-refractivity contribution in [3.05, 3.63) is 24.0 Å². The molecule has 0 atom stereocenters. The second kappa shape index (κ2) is 5.61. The van der Waals surface area contributed by atoms with Gasteiger partial charge in [0.05, 0.1) is 5.69 Å². The molecule has 1 saturated carbocycles. The van der Waals surface area contributed by atoms with E-state index in [2.05, 4.69) is 16.6 Å². The molecule has 18 heavy (non-hydrogen) atoms. The van der Waals surface area contributed by atoms with E-state index in [1.165, 1.54) is 31.9 Å². The van der Waals surface area contributed by atoms with Crippen LogP contribution in [0.4, 0.5) is 5.69 Å². The van der Waals surface area contributed by atoms with Gasteiger partial charge < -0.3 is 10.4 Å². The molecule has 1 aromatic rings. The minimum atomic E-state index is -0.935. The van der Waals surface area contributed by atoms with E-state index in [1.807, 2.05) is 11.8 Å². The fourth-order valence-corrected chi connectivity index (χ4v) is 3.36. The minimum Gasteiger partial charge on any atom is -0.478 e. The molecule has 1 heterocycles. The summed E-state index contributed by atoms with van der Waals surface area (Å²) in [5.74, 6) is -0.935. The highest BCUT2D eigenvalue weighted by Crippen LogP contribution is 2.40. The molecule has 0 unspecified atom stereocenters. The van der Waals surface area contributed by atoms with Crippen LogP contribution >= 0.6 is 11.8 Å². The van der Waals surface area contributed by atoms with E-state index in [9.17, 15) is 4.79 Å². The summed E-state index contributed by atoms with van der Waals surface area (Å²) in [4.78, 5) is 14.9. The average molecular weight is 266 g/mol. The van der Waals surface area contributed by atoms with Crippen LogP contribution in [0.3, 0.4) is 0 Å². The Morgan fingerprint density at radius 1 is 1.56 bits per heavy atom. The molecule has 5 heteroatoms. The summed E-state index contributed by atoms with van der Waals surface area (Å²) in [5.41, 5.74) is 0.907. The molecule has 1 aromatic heterocycles. The molecule has 4 nitrogen and oxygen atoms in total. The van der Waals surface area contributed by atoms with Crippen LogP contribution in [0.15, 0.2) is 18.5 Å². The molecule has 0 spiro atoms. The van der Waals surface area contributed by atoms with Crippen LogP contribution in [0, 0.1) is 0 Å². The zero-order chi connectivity index (χ0) is 13.0. The van der Waals surface area contributed by atoms with Crippen LogP contribution in [0.1, 0.15) is 36.0 Å². The first-order chi connectivity index (χ1) is 8.67. The maximum atomic E-state index is 11.1. The van der Waals surface area contributed by atoms with E-state index in [0.717, 1.165) is 6.54 Å². The van der Waals surface area contributed by atoms with Crippen LogP contribution in [0.2, 0.25) is 0 Å². The molecule has 1 aliphatic rings. The average Bonchev–Trinajstić information content (AvgIpc) is 2.86. The van der Waals surface area contributed by atoms with Gasteiger partial charge in [-0.3, -0.25) is 4.98 Å². The minimum absolute atomic E-state index is 0.242. The molecule has 1 fully saturated rings. The molecule has 0 amide bonds. The largest absolute Gasteiger partial charge is 0.478 e. The Balaban J connectivity index is 2.08. The van der Waals surface area contributed by atoms with Gasteiger partial charge in [-0.25, -0.2) is 4.79 Å². The van der Waals surface area contributed by atoms with Crippen LogP contribution in [-0.2, 0) is 0 Å². The van der Waals surface area contributed by atoms with Gasteiger partial charge in [-0.05, 0) is 25.2 Å². The standard InChI is InChI=1S/C13H18N2O2S/c1-18-13(5-2-3-6-13)9-15-11-4-7-14-8-10(11)12(16)17/h4,7-8H,2-3,5-6,9H2,1H3,(H,14,15)(H,16,17). The molecule has 2 N–H and O–H groups in total. The lowest BCUT2D eigenvalue weighted by molar-refractivity contribution is 0.0697. The topological polar surface area (TPSA) is 62.2 Å². The summed E-state index contributed by atoms with van der Waals surface area (Å²) >= 11 is 1.89. The van der Waals surface area contributed by atoms with Crippen molar-refractivity contribution in [2.45, 2.75) is 30.4 Å². The Kier molecular flexibility index (Phi) is 4.11. The van der Waals surface area contributed by atoms with Gasteiger partial charge in [-0.2, -0.15) is 11.8 Å². The van der Waals surface area contributed by atoms with Gasteiger partial charge in [0.15, 0.2) is 0 Å². The van der Waals surface area contributed by atoms with Crippen LogP contribution in [0.5, 0.6) is 0 Å². The molecule has 1 aliphatic carbocycles. The van der Waals surface area contributed by atoms with Crippen molar-refractivity contribution in [2.24, 2.45) is 0 Å². The fraction of sp³-hybridized carbons (Fsp3) is 0.538. The van der Waals surface area contributed by atoms with Gasteiger partial charge >= 0.3 is 5.97 Å². The third-order valence-corrected chi connectivity index (χ3v) is 5.02. The molecule has 0 aliphatic heterocycles. The van der Waals surface area contributed by atoms with E-state index < -0.39 is 5.97 Å². The molecular formula is C13H18N2O2S. The smallest absolute Gasteiger partial charge is 0.339 e. The predicted molar refractivity (Wildman–Crippen MR) is 74.4 cm³/mol. The molecular weight excluding hydrogens is 248 g/mol. The highest BCUT2D eigenvalue weighted by atomic mass is 32.2. The van der Waals surface area contributed by atoms with E-state index in [0.29, 0.717) is 5.69 Å². The van der Waals surface area contributed by atoms with Crippen LogP contribution < -0.4 is 5.32 Å². The van der Waals surface area contributed by atoms with Crippen molar-refractivity contribution in [2.75, 3.05) is 18.1 Å². The fourth-order valence-electron chi connectivity index (χ4n) is 2.45. The number of carboxylic acids is 1. The molecule has 0 bridgehead atoms. The Bertz CT molecular complexity index is 431. The third-order valence-electron chi connectivity index (χ3n) is 3.60. The van der Waals surface area contributed by atoms with E-state index >= 15 is 0 Å². The van der Waals surface area contributed by atoms with E-state index in [1.54, 1.807) is 12.3 Å². The van der Waals surface area contributed by atoms with E-state index in [-0.39, 0.29) is 10.3 Å². The first-order valence-electron chi connectivity index (χ1n) is 6.13. The second-order valence-electron chi connectivity index (χ2n) is 4.67. The number of carboxylic acid groups (broad SMARTS) is 1. The van der Waals surface area contributed by atoms with Crippen molar-refractivity contribution >= 4 is 23.4 Å². The van der Waals surface area contributed by atoms with Gasteiger partial charge in [-0.1, -0.05) is 12.8 Å². The van der Waals surface area contributed by atoms with Crippen molar-refractivity contribution < 1.29 is 9.90 Å². The number of thioether (sulfide) groups is 1. The van der Waals surface area contributed by atoms with E-state index in [4.69, 9.17) is 5.11 Å². The van der Waals surface area contributed by atoms with Crippen LogP contribution in [0.25, 0.3) is 0 Å². The number of rotatable bonds is 5. The Labute approximate surface area is 111 Å². The molecule has 98 valence electrons. The normalized spacial score (nSPS) is 17.6. The van der Waals surface area contributed by atoms with Crippen molar-refractivity contribution in [3.63, 3.8) is 0 Å². The number of aromatic carboxylic acids is 1. The first kappa shape index (κ1) is 13.2. The molecule has 2 rings (SSSR count). The number of nitrogens with zero attached hydrogens (tertiary/aromatic N) is 1. The lowest BCUT2D eigenvalue weighted by Gasteiger charge is -2.27. The Hall–Kier alpha value is -1.23. The summed E-state index contributed by atoms with van der Waals surface area (Å²) in [6.45, 7) is 0.818. The third kappa shape index (κ3) is 2.77. The monoisotopic (exact) mass is 266 g/mol. The summed E-state index contributed by atoms with van der Waals surface area (Å²) in [6, 6.07) is 1.73. The summed E-state index contributed by atoms with van der Waals surface area (Å²) < 4.78 is 0.263. The molecule has 0 saturated heterocycles. The van der Waals surface area contributed by atoms with Gasteiger partial charge in [0.2, 0.25) is 0 Å². The number of hydrogen-bond acceptors (Lipinski definition) is 4. The van der Waals surface area contributed by atoms with Gasteiger partial charge in [-0.15, -0.1) is 0 Å². The van der Waals surface area contributed by atoms with Gasteiger partial charge in [0.25, 0.3) is 0 Å². The number of aromatic nitrogens is 1. The van der Waals surface area contributed by atoms with Crippen molar-refractivity contribution in [3.8, 4) is 0 Å². The number of nitrogens with one attached hydrogen (secondary N) is 1. The van der Waals surface area contributed by atoms with Crippen molar-refractivity contribution in [1.29, 1.82) is 0 Å². The summed E-state index contributed by atoms with van der Waals surface area (Å²) in [7, 11) is 0. The highest BCUT2D eigenvalue weighted by Gasteiger charge is 2.32.